The maximum absolute atomic E-state index is 13.3. The molecule has 2 bridgehead atoms. The van der Waals surface area contributed by atoms with Crippen LogP contribution in [-0.4, -0.2) is 52.4 Å². The molecule has 4 rings (SSSR count). The summed E-state index contributed by atoms with van der Waals surface area (Å²) in [7, 11) is -2.33. The Bertz CT molecular complexity index is 890. The Labute approximate surface area is 165 Å². The maximum atomic E-state index is 13.3. The van der Waals surface area contributed by atoms with Gasteiger partial charge in [-0.25, -0.2) is 4.79 Å². The Hall–Kier alpha value is -2.20. The smallest absolute Gasteiger partial charge is 0.417 e. The third-order valence-electron chi connectivity index (χ3n) is 5.71. The number of nitriles is 1. The van der Waals surface area contributed by atoms with Crippen molar-refractivity contribution in [1.29, 1.82) is 5.26 Å². The van der Waals surface area contributed by atoms with Gasteiger partial charge in [-0.05, 0) is 24.6 Å². The molecule has 3 heterocycles. The van der Waals surface area contributed by atoms with Crippen LogP contribution in [0.15, 0.2) is 18.2 Å². The van der Waals surface area contributed by atoms with Gasteiger partial charge in [0.2, 0.25) is 0 Å². The van der Waals surface area contributed by atoms with Gasteiger partial charge in [0.15, 0.2) is 0 Å². The molecule has 1 aromatic carbocycles. The summed E-state index contributed by atoms with van der Waals surface area (Å²) in [6.07, 6.45) is -6.01. The number of carbonyl (C=O) groups excluding carboxylic acids is 1. The predicted molar refractivity (Wildman–Crippen MR) is 96.2 cm³/mol. The minimum atomic E-state index is -4.75. The topological polar surface area (TPSA) is 115 Å². The van der Waals surface area contributed by atoms with Crippen molar-refractivity contribution < 1.29 is 36.5 Å². The molecule has 3 fully saturated rings. The van der Waals surface area contributed by atoms with E-state index in [2.05, 4.69) is 10.1 Å². The van der Waals surface area contributed by atoms with Crippen molar-refractivity contribution in [3.05, 3.63) is 29.3 Å². The molecule has 8 nitrogen and oxygen atoms in total. The molecule has 3 aliphatic rings. The molecule has 3 N–H and O–H groups in total. The second-order valence-corrected chi connectivity index (χ2v) is 9.31. The number of nitrogens with zero attached hydrogens (tertiary/aromatic N) is 2. The van der Waals surface area contributed by atoms with Crippen molar-refractivity contribution >= 4 is 22.6 Å². The number of amides is 1. The number of hydrogen-bond donors (Lipinski definition) is 3. The summed E-state index contributed by atoms with van der Waals surface area (Å²) >= 11 is 0. The highest BCUT2D eigenvalue weighted by molar-refractivity contribution is 8.26. The molecule has 0 radical (unpaired) electrons. The van der Waals surface area contributed by atoms with Crippen LogP contribution < -0.4 is 9.62 Å². The molecule has 1 aromatic rings. The molecular formula is C17H18F3N3O5S. The highest BCUT2D eigenvalue weighted by atomic mass is 32.3. The predicted octanol–water partition coefficient (Wildman–Crippen LogP) is 2.94. The first kappa shape index (κ1) is 20.1. The number of carbonyl (C=O) groups is 1. The minimum absolute atomic E-state index is 0.0254. The van der Waals surface area contributed by atoms with Crippen molar-refractivity contribution in [1.82, 2.24) is 5.32 Å². The van der Waals surface area contributed by atoms with Crippen molar-refractivity contribution in [3.8, 4) is 6.07 Å². The Morgan fingerprint density at radius 2 is 2.17 bits per heavy atom. The van der Waals surface area contributed by atoms with Gasteiger partial charge in [-0.2, -0.15) is 18.4 Å². The lowest BCUT2D eigenvalue weighted by Gasteiger charge is -2.44. The van der Waals surface area contributed by atoms with E-state index in [1.54, 1.807) is 0 Å². The van der Waals surface area contributed by atoms with Crippen molar-refractivity contribution in [2.75, 3.05) is 18.0 Å². The molecule has 0 aromatic heterocycles. The summed E-state index contributed by atoms with van der Waals surface area (Å²) in [6, 6.07) is 4.09. The number of anilines is 1. The zero-order valence-corrected chi connectivity index (χ0v) is 15.9. The fourth-order valence-corrected chi connectivity index (χ4v) is 6.94. The summed E-state index contributed by atoms with van der Waals surface area (Å²) in [6.45, 7) is 0.0995. The van der Waals surface area contributed by atoms with Crippen LogP contribution in [0.3, 0.4) is 0 Å². The molecule has 12 heteroatoms. The zero-order valence-electron chi connectivity index (χ0n) is 15.1. The van der Waals surface area contributed by atoms with Crippen LogP contribution >= 0.6 is 10.8 Å². The van der Waals surface area contributed by atoms with E-state index < -0.39 is 51.6 Å². The zero-order chi connectivity index (χ0) is 21.1. The summed E-state index contributed by atoms with van der Waals surface area (Å²) in [5, 5.41) is 10.8. The lowest BCUT2D eigenvalue weighted by molar-refractivity contribution is -0.137. The number of halogens is 3. The third kappa shape index (κ3) is 3.09. The van der Waals surface area contributed by atoms with Crippen LogP contribution in [-0.2, 0) is 15.7 Å². The average molecular weight is 433 g/mol. The van der Waals surface area contributed by atoms with E-state index in [9.17, 15) is 27.1 Å². The molecule has 158 valence electrons. The monoisotopic (exact) mass is 433 g/mol. The second-order valence-electron chi connectivity index (χ2n) is 7.21. The van der Waals surface area contributed by atoms with Crippen LogP contribution in [0.5, 0.6) is 0 Å². The van der Waals surface area contributed by atoms with E-state index in [0.29, 0.717) is 6.42 Å². The Balaban J connectivity index is 1.65. The highest BCUT2D eigenvalue weighted by Crippen LogP contribution is 2.65. The summed E-state index contributed by atoms with van der Waals surface area (Å²) in [4.78, 5) is 11.5. The van der Waals surface area contributed by atoms with Gasteiger partial charge in [0.1, 0.15) is 11.4 Å². The van der Waals surface area contributed by atoms with Gasteiger partial charge in [-0.3, -0.25) is 13.4 Å². The molecule has 0 saturated carbocycles. The largest absolute Gasteiger partial charge is 0.453 e. The van der Waals surface area contributed by atoms with Gasteiger partial charge >= 0.3 is 12.3 Å². The number of benzene rings is 1. The number of alkyl halides is 3. The fourth-order valence-electron chi connectivity index (χ4n) is 4.49. The van der Waals surface area contributed by atoms with E-state index in [-0.39, 0.29) is 24.3 Å². The van der Waals surface area contributed by atoms with Crippen LogP contribution in [0.2, 0.25) is 0 Å². The van der Waals surface area contributed by atoms with E-state index >= 15 is 0 Å². The van der Waals surface area contributed by atoms with Crippen molar-refractivity contribution in [3.63, 3.8) is 0 Å². The molecule has 0 aliphatic carbocycles. The molecule has 29 heavy (non-hydrogen) atoms. The van der Waals surface area contributed by atoms with Gasteiger partial charge in [0, 0.05) is 12.5 Å². The molecule has 3 saturated heterocycles. The maximum Gasteiger partial charge on any atom is 0.417 e. The van der Waals surface area contributed by atoms with Crippen LogP contribution in [0, 0.1) is 17.2 Å². The standard InChI is InChI=1S/C17H18F3N3O5S/c1-27-16(24)22-12-5-13-10-7-23(29(25,26)15(10)14(12)28-13)9-3-2-8(6-21)11(4-9)17(18,19)20/h2-4,10,12-15,25-26H,5,7H2,1H3,(H,22,24)/t10-,12-,13+,14-,15-/m1/s1. The Morgan fingerprint density at radius 1 is 1.45 bits per heavy atom. The van der Waals surface area contributed by atoms with Gasteiger partial charge in [0.05, 0.1) is 42.1 Å². The van der Waals surface area contributed by atoms with Crippen LogP contribution in [0.1, 0.15) is 17.5 Å². The summed E-state index contributed by atoms with van der Waals surface area (Å²) < 4.78 is 73.3. The average Bonchev–Trinajstić information content (AvgIpc) is 3.30. The summed E-state index contributed by atoms with van der Waals surface area (Å²) in [5.74, 6) is -0.300. The molecule has 1 amide bonds. The molecule has 0 unspecified atom stereocenters. The lowest BCUT2D eigenvalue weighted by Crippen LogP contribution is -2.49. The number of ether oxygens (including phenoxy) is 2. The summed E-state index contributed by atoms with van der Waals surface area (Å²) in [5.41, 5.74) is -1.69. The quantitative estimate of drug-likeness (QED) is 0.657. The van der Waals surface area contributed by atoms with Gasteiger partial charge < -0.3 is 14.8 Å². The number of hydrogen-bond acceptors (Lipinski definition) is 7. The molecular weight excluding hydrogens is 415 g/mol. The first-order chi connectivity index (χ1) is 13.6. The third-order valence-corrected chi connectivity index (χ3v) is 8.07. The van der Waals surface area contributed by atoms with E-state index in [1.165, 1.54) is 23.6 Å². The van der Waals surface area contributed by atoms with Gasteiger partial charge in [0.25, 0.3) is 0 Å². The van der Waals surface area contributed by atoms with E-state index in [0.717, 1.165) is 12.1 Å². The lowest BCUT2D eigenvalue weighted by atomic mass is 9.85. The second kappa shape index (κ2) is 6.66. The van der Waals surface area contributed by atoms with Crippen molar-refractivity contribution in [2.24, 2.45) is 5.92 Å². The Morgan fingerprint density at radius 3 is 2.79 bits per heavy atom. The number of methoxy groups -OCH3 is 1. The van der Waals surface area contributed by atoms with Gasteiger partial charge in [-0.1, -0.05) is 0 Å². The normalized spacial score (nSPS) is 33.1. The number of rotatable bonds is 2. The van der Waals surface area contributed by atoms with Gasteiger partial charge in [-0.15, -0.1) is 10.8 Å². The van der Waals surface area contributed by atoms with Crippen LogP contribution in [0.25, 0.3) is 0 Å². The number of fused-ring (bicyclic) bond motifs is 5. The fraction of sp³-hybridized carbons (Fsp3) is 0.529. The van der Waals surface area contributed by atoms with Crippen molar-refractivity contribution in [2.45, 2.75) is 36.1 Å². The SMILES string of the molecule is COC(=O)N[C@@H]1C[C@@H]2O[C@H]1[C@H]1[C@@H]2CN(c2ccc(C#N)c(C(F)(F)F)c2)S1(O)O. The Kier molecular flexibility index (Phi) is 4.62. The highest BCUT2D eigenvalue weighted by Gasteiger charge is 2.64. The first-order valence-electron chi connectivity index (χ1n) is 8.74. The molecule has 0 spiro atoms. The van der Waals surface area contributed by atoms with Crippen LogP contribution in [0.4, 0.5) is 23.7 Å². The van der Waals surface area contributed by atoms with E-state index in [1.807, 2.05) is 0 Å². The van der Waals surface area contributed by atoms with E-state index in [4.69, 9.17) is 10.00 Å². The molecule has 5 atom stereocenters. The first-order valence-corrected chi connectivity index (χ1v) is 10.3. The number of nitrogens with one attached hydrogen (secondary N) is 1. The molecule has 3 aliphatic heterocycles. The number of alkyl carbamates (subject to hydrolysis) is 1. The minimum Gasteiger partial charge on any atom is -0.453 e.